The fourth-order valence-electron chi connectivity index (χ4n) is 3.40. The number of benzene rings is 1. The molecule has 8 nitrogen and oxygen atoms in total. The molecule has 1 aliphatic rings. The Balaban J connectivity index is 1.74. The number of allylic oxidation sites excluding steroid dienone is 1. The molecule has 0 radical (unpaired) electrons. The summed E-state index contributed by atoms with van der Waals surface area (Å²) < 4.78 is 13.8. The lowest BCUT2D eigenvalue weighted by atomic mass is 10.00. The maximum Gasteiger partial charge on any atom is 0.256 e. The summed E-state index contributed by atoms with van der Waals surface area (Å²) in [6.45, 7) is 6.29. The number of carbonyl (C=O) groups excluding carboxylic acids is 1. The van der Waals surface area contributed by atoms with E-state index in [-0.39, 0.29) is 5.91 Å². The summed E-state index contributed by atoms with van der Waals surface area (Å²) in [7, 11) is 0. The zero-order valence-corrected chi connectivity index (χ0v) is 19.7. The summed E-state index contributed by atoms with van der Waals surface area (Å²) in [6, 6.07) is 10.4. The third-order valence-electron chi connectivity index (χ3n) is 4.65. The summed E-state index contributed by atoms with van der Waals surface area (Å²) in [6.07, 6.45) is 0. The molecule has 1 aromatic carbocycles. The number of anilines is 2. The predicted octanol–water partition coefficient (Wildman–Crippen LogP) is 5.07. The van der Waals surface area contributed by atoms with Gasteiger partial charge in [0, 0.05) is 5.70 Å². The Morgan fingerprint density at radius 2 is 2.13 bits per heavy atom. The molecular weight excluding hydrogens is 482 g/mol. The maximum atomic E-state index is 13.5. The first-order valence-corrected chi connectivity index (χ1v) is 11.6. The van der Waals surface area contributed by atoms with Gasteiger partial charge in [-0.25, -0.2) is 4.68 Å². The van der Waals surface area contributed by atoms with E-state index >= 15 is 0 Å². The molecule has 0 bridgehead atoms. The minimum absolute atomic E-state index is 0.277. The predicted molar refractivity (Wildman–Crippen MR) is 124 cm³/mol. The Bertz CT molecular complexity index is 1140. The van der Waals surface area contributed by atoms with Crippen molar-refractivity contribution < 1.29 is 13.9 Å². The summed E-state index contributed by atoms with van der Waals surface area (Å²) in [5.74, 6) is 2.32. The Kier molecular flexibility index (Phi) is 6.38. The zero-order valence-electron chi connectivity index (χ0n) is 17.3. The van der Waals surface area contributed by atoms with E-state index in [1.807, 2.05) is 51.1 Å². The maximum absolute atomic E-state index is 13.5. The van der Waals surface area contributed by atoms with Crippen LogP contribution in [0.15, 0.2) is 61.9 Å². The Hall–Kier alpha value is -2.72. The number of fused-ring (bicyclic) bond motifs is 1. The first kappa shape index (κ1) is 21.5. The molecule has 2 aromatic heterocycles. The zero-order chi connectivity index (χ0) is 22.0. The van der Waals surface area contributed by atoms with E-state index in [2.05, 4.69) is 36.6 Å². The number of amides is 1. The van der Waals surface area contributed by atoms with Crippen LogP contribution >= 0.6 is 27.7 Å². The molecule has 0 fully saturated rings. The molecular formula is C21H22BrN5O3S. The van der Waals surface area contributed by atoms with Gasteiger partial charge in [0.25, 0.3) is 5.91 Å². The van der Waals surface area contributed by atoms with Gasteiger partial charge < -0.3 is 19.8 Å². The lowest BCUT2D eigenvalue weighted by Crippen LogP contribution is -2.31. The van der Waals surface area contributed by atoms with Gasteiger partial charge in [-0.05, 0) is 59.8 Å². The van der Waals surface area contributed by atoms with Crippen LogP contribution in [0.3, 0.4) is 0 Å². The fraction of sp³-hybridized carbons (Fsp3) is 0.286. The third kappa shape index (κ3) is 4.35. The van der Waals surface area contributed by atoms with E-state index in [0.29, 0.717) is 50.8 Å². The Morgan fingerprint density at radius 3 is 2.84 bits per heavy atom. The van der Waals surface area contributed by atoms with Crippen molar-refractivity contribution in [2.45, 2.75) is 32.0 Å². The minimum atomic E-state index is -0.569. The average molecular weight is 504 g/mol. The molecule has 0 saturated carbocycles. The first-order chi connectivity index (χ1) is 15.0. The van der Waals surface area contributed by atoms with Crippen molar-refractivity contribution in [2.24, 2.45) is 0 Å². The Labute approximate surface area is 192 Å². The van der Waals surface area contributed by atoms with E-state index in [0.717, 1.165) is 5.75 Å². The lowest BCUT2D eigenvalue weighted by Gasteiger charge is -2.27. The van der Waals surface area contributed by atoms with Crippen LogP contribution in [0.1, 0.15) is 32.6 Å². The van der Waals surface area contributed by atoms with Gasteiger partial charge in [-0.1, -0.05) is 30.8 Å². The van der Waals surface area contributed by atoms with Gasteiger partial charge in [0.2, 0.25) is 11.1 Å². The van der Waals surface area contributed by atoms with Gasteiger partial charge in [0.15, 0.2) is 4.67 Å². The van der Waals surface area contributed by atoms with Crippen LogP contribution in [0.25, 0.3) is 0 Å². The van der Waals surface area contributed by atoms with E-state index in [1.54, 1.807) is 10.7 Å². The van der Waals surface area contributed by atoms with E-state index in [1.165, 1.54) is 11.8 Å². The molecule has 10 heteroatoms. The van der Waals surface area contributed by atoms with E-state index in [9.17, 15) is 4.79 Å². The number of hydrogen-bond donors (Lipinski definition) is 2. The molecule has 31 heavy (non-hydrogen) atoms. The number of thioether (sulfide) groups is 1. The lowest BCUT2D eigenvalue weighted by molar-refractivity contribution is -0.113. The van der Waals surface area contributed by atoms with Crippen LogP contribution in [0.5, 0.6) is 5.75 Å². The number of ether oxygens (including phenoxy) is 1. The molecule has 0 aliphatic carbocycles. The first-order valence-electron chi connectivity index (χ1n) is 9.87. The minimum Gasteiger partial charge on any atom is -0.492 e. The summed E-state index contributed by atoms with van der Waals surface area (Å²) in [4.78, 5) is 18.0. The van der Waals surface area contributed by atoms with Crippen molar-refractivity contribution in [2.75, 3.05) is 23.0 Å². The molecule has 1 unspecified atom stereocenters. The van der Waals surface area contributed by atoms with E-state index in [4.69, 9.17) is 9.15 Å². The number of hydrogen-bond acceptors (Lipinski definition) is 7. The second-order valence-corrected chi connectivity index (χ2v) is 8.70. The molecule has 2 N–H and O–H groups in total. The smallest absolute Gasteiger partial charge is 0.256 e. The van der Waals surface area contributed by atoms with Crippen molar-refractivity contribution in [3.05, 3.63) is 58.1 Å². The molecule has 4 rings (SSSR count). The van der Waals surface area contributed by atoms with Gasteiger partial charge in [-0.3, -0.25) is 4.79 Å². The topological polar surface area (TPSA) is 94.2 Å². The van der Waals surface area contributed by atoms with Crippen LogP contribution in [-0.2, 0) is 4.79 Å². The van der Waals surface area contributed by atoms with Gasteiger partial charge in [-0.15, -0.1) is 5.10 Å². The number of nitrogens with zero attached hydrogens (tertiary/aromatic N) is 3. The highest BCUT2D eigenvalue weighted by Crippen LogP contribution is 2.38. The summed E-state index contributed by atoms with van der Waals surface area (Å²) >= 11 is 4.89. The molecule has 0 spiro atoms. The molecule has 3 aromatic rings. The number of aromatic nitrogens is 3. The number of rotatable bonds is 7. The van der Waals surface area contributed by atoms with Gasteiger partial charge in [0.1, 0.15) is 17.6 Å². The van der Waals surface area contributed by atoms with Crippen LogP contribution in [0, 0.1) is 0 Å². The highest BCUT2D eigenvalue weighted by molar-refractivity contribution is 9.10. The molecule has 1 aliphatic heterocycles. The van der Waals surface area contributed by atoms with Crippen molar-refractivity contribution in [3.63, 3.8) is 0 Å². The second kappa shape index (κ2) is 9.19. The number of halogens is 1. The molecule has 3 heterocycles. The summed E-state index contributed by atoms with van der Waals surface area (Å²) in [5.41, 5.74) is 1.76. The number of furan rings is 1. The average Bonchev–Trinajstić information content (AvgIpc) is 3.34. The molecule has 1 amide bonds. The molecule has 0 saturated heterocycles. The summed E-state index contributed by atoms with van der Waals surface area (Å²) in [5, 5.41) is 11.5. The second-order valence-electron chi connectivity index (χ2n) is 6.69. The monoisotopic (exact) mass is 503 g/mol. The van der Waals surface area contributed by atoms with Crippen LogP contribution in [0.2, 0.25) is 0 Å². The van der Waals surface area contributed by atoms with Crippen LogP contribution in [0.4, 0.5) is 11.6 Å². The van der Waals surface area contributed by atoms with Crippen molar-refractivity contribution in [3.8, 4) is 5.75 Å². The SMILES string of the molecule is CCOc1ccccc1NC(=O)C1=C(C)Nc2nc(SCC)nn2C1c1ccc(Br)o1. The van der Waals surface area contributed by atoms with E-state index < -0.39 is 6.04 Å². The van der Waals surface area contributed by atoms with Crippen molar-refractivity contribution >= 4 is 45.2 Å². The van der Waals surface area contributed by atoms with Crippen molar-refractivity contribution in [1.29, 1.82) is 0 Å². The molecule has 1 atom stereocenters. The highest BCUT2D eigenvalue weighted by Gasteiger charge is 2.36. The largest absolute Gasteiger partial charge is 0.492 e. The van der Waals surface area contributed by atoms with Gasteiger partial charge in [-0.2, -0.15) is 4.98 Å². The molecule has 162 valence electrons. The van der Waals surface area contributed by atoms with Gasteiger partial charge in [0.05, 0.1) is 17.9 Å². The Morgan fingerprint density at radius 1 is 1.32 bits per heavy atom. The number of para-hydroxylation sites is 2. The third-order valence-corrected chi connectivity index (χ3v) is 5.80. The fourth-order valence-corrected chi connectivity index (χ4v) is 4.27. The highest BCUT2D eigenvalue weighted by atomic mass is 79.9. The normalized spacial score (nSPS) is 15.4. The number of carbonyl (C=O) groups is 1. The standard InChI is InChI=1S/C21H22BrN5O3S/c1-4-29-14-9-7-6-8-13(14)24-19(28)17-12(3)23-20-25-21(31-5-2)26-27(20)18(17)15-10-11-16(22)30-15/h6-11,18H,4-5H2,1-3H3,(H,24,28)(H,23,25,26). The van der Waals surface area contributed by atoms with Crippen LogP contribution in [-0.4, -0.2) is 33.0 Å². The van der Waals surface area contributed by atoms with Gasteiger partial charge >= 0.3 is 0 Å². The number of nitrogens with one attached hydrogen (secondary N) is 2. The van der Waals surface area contributed by atoms with Crippen LogP contribution < -0.4 is 15.4 Å². The van der Waals surface area contributed by atoms with Crippen molar-refractivity contribution in [1.82, 2.24) is 14.8 Å². The quantitative estimate of drug-likeness (QED) is 0.434.